The fourth-order valence-corrected chi connectivity index (χ4v) is 3.44. The highest BCUT2D eigenvalue weighted by atomic mass is 79.9. The monoisotopic (exact) mass is 393 g/mol. The van der Waals surface area contributed by atoms with E-state index in [1.165, 1.54) is 5.56 Å². The molecule has 0 spiro atoms. The second-order valence-corrected chi connectivity index (χ2v) is 6.27. The van der Waals surface area contributed by atoms with Gasteiger partial charge in [0.1, 0.15) is 0 Å². The van der Waals surface area contributed by atoms with Crippen LogP contribution in [0.5, 0.6) is 0 Å². The molecule has 0 saturated heterocycles. The molecule has 1 heterocycles. The molecule has 0 bridgehead atoms. The third kappa shape index (κ3) is 2.36. The first-order chi connectivity index (χ1) is 9.68. The molecular weight excluding hydrogens is 382 g/mol. The van der Waals surface area contributed by atoms with E-state index in [4.69, 9.17) is 5.73 Å². The fourth-order valence-electron chi connectivity index (χ4n) is 2.42. The number of nitrogens with zero attached hydrogens (tertiary/aromatic N) is 2. The summed E-state index contributed by atoms with van der Waals surface area (Å²) >= 11 is 7.20. The fraction of sp³-hybridized carbons (Fsp3) is 0.133. The van der Waals surface area contributed by atoms with Gasteiger partial charge in [0.2, 0.25) is 0 Å². The predicted octanol–water partition coefficient (Wildman–Crippen LogP) is 4.09. The first kappa shape index (κ1) is 13.6. The largest absolute Gasteiger partial charge is 0.369 e. The van der Waals surface area contributed by atoms with Gasteiger partial charge in [-0.25, -0.2) is 0 Å². The van der Waals surface area contributed by atoms with Crippen LogP contribution in [0.15, 0.2) is 62.5 Å². The molecule has 0 aromatic heterocycles. The van der Waals surface area contributed by atoms with Crippen molar-refractivity contribution in [3.63, 3.8) is 0 Å². The first-order valence-corrected chi connectivity index (χ1v) is 7.85. The third-order valence-corrected chi connectivity index (χ3v) is 4.75. The highest BCUT2D eigenvalue weighted by molar-refractivity contribution is 9.11. The van der Waals surface area contributed by atoms with Crippen molar-refractivity contribution in [1.82, 2.24) is 0 Å². The van der Waals surface area contributed by atoms with Gasteiger partial charge in [-0.2, -0.15) is 0 Å². The molecule has 0 aliphatic carbocycles. The maximum absolute atomic E-state index is 6.10. The van der Waals surface area contributed by atoms with Crippen molar-refractivity contribution >= 4 is 43.5 Å². The first-order valence-electron chi connectivity index (χ1n) is 6.26. The van der Waals surface area contributed by atoms with Crippen LogP contribution in [0.3, 0.4) is 0 Å². The van der Waals surface area contributed by atoms with E-state index in [0.29, 0.717) is 12.5 Å². The van der Waals surface area contributed by atoms with Gasteiger partial charge in [0.15, 0.2) is 5.96 Å². The Hall–Kier alpha value is -1.33. The summed E-state index contributed by atoms with van der Waals surface area (Å²) in [5, 5.41) is 0. The van der Waals surface area contributed by atoms with Crippen molar-refractivity contribution in [1.29, 1.82) is 0 Å². The number of hydrogen-bond acceptors (Lipinski definition) is 3. The average Bonchev–Trinajstić information content (AvgIpc) is 2.82. The lowest BCUT2D eigenvalue weighted by atomic mass is 10.1. The molecule has 20 heavy (non-hydrogen) atoms. The maximum atomic E-state index is 6.10. The number of nitrogens with two attached hydrogens (primary N) is 1. The Bertz CT molecular complexity index is 670. The lowest BCUT2D eigenvalue weighted by molar-refractivity contribution is 0.764. The van der Waals surface area contributed by atoms with Crippen LogP contribution in [0.1, 0.15) is 11.6 Å². The van der Waals surface area contributed by atoms with Crippen molar-refractivity contribution in [3.8, 4) is 0 Å². The average molecular weight is 395 g/mol. The summed E-state index contributed by atoms with van der Waals surface area (Å²) in [7, 11) is 0. The van der Waals surface area contributed by atoms with E-state index in [1.807, 2.05) is 42.5 Å². The summed E-state index contributed by atoms with van der Waals surface area (Å²) in [5.74, 6) is 0.553. The van der Waals surface area contributed by atoms with Gasteiger partial charge in [-0.05, 0) is 39.7 Å². The van der Waals surface area contributed by atoms with E-state index in [1.54, 1.807) is 0 Å². The topological polar surface area (TPSA) is 41.6 Å². The zero-order chi connectivity index (χ0) is 14.1. The molecule has 0 fully saturated rings. The zero-order valence-corrected chi connectivity index (χ0v) is 13.8. The van der Waals surface area contributed by atoms with Crippen LogP contribution in [0.2, 0.25) is 0 Å². The number of aliphatic imine (C=N–C) groups is 1. The number of benzene rings is 2. The minimum atomic E-state index is 0.115. The molecule has 0 radical (unpaired) electrons. The molecule has 0 amide bonds. The molecule has 1 aliphatic heterocycles. The SMILES string of the molecule is NC1=NCC(c2ccccc2Br)N1c1ccccc1Br. The van der Waals surface area contributed by atoms with Gasteiger partial charge in [-0.15, -0.1) is 0 Å². The lowest BCUT2D eigenvalue weighted by Crippen LogP contribution is -2.36. The Balaban J connectivity index is 2.06. The number of halogens is 2. The predicted molar refractivity (Wildman–Crippen MR) is 90.0 cm³/mol. The summed E-state index contributed by atoms with van der Waals surface area (Å²) in [5.41, 5.74) is 8.32. The molecule has 2 aromatic carbocycles. The van der Waals surface area contributed by atoms with Gasteiger partial charge >= 0.3 is 0 Å². The van der Waals surface area contributed by atoms with Crippen molar-refractivity contribution in [2.75, 3.05) is 11.4 Å². The van der Waals surface area contributed by atoms with Gasteiger partial charge in [0.05, 0.1) is 18.3 Å². The van der Waals surface area contributed by atoms with Crippen molar-refractivity contribution in [2.24, 2.45) is 10.7 Å². The number of para-hydroxylation sites is 1. The van der Waals surface area contributed by atoms with Crippen LogP contribution >= 0.6 is 31.9 Å². The van der Waals surface area contributed by atoms with Gasteiger partial charge in [-0.1, -0.05) is 46.3 Å². The molecule has 2 aromatic rings. The molecule has 1 aliphatic rings. The van der Waals surface area contributed by atoms with Gasteiger partial charge in [-0.3, -0.25) is 4.99 Å². The van der Waals surface area contributed by atoms with Crippen LogP contribution < -0.4 is 10.6 Å². The quantitative estimate of drug-likeness (QED) is 0.833. The highest BCUT2D eigenvalue weighted by Crippen LogP contribution is 2.37. The van der Waals surface area contributed by atoms with Crippen LogP contribution in [-0.2, 0) is 0 Å². The molecule has 1 atom stereocenters. The van der Waals surface area contributed by atoms with Crippen molar-refractivity contribution < 1.29 is 0 Å². The third-order valence-electron chi connectivity index (χ3n) is 3.36. The number of anilines is 1. The molecule has 0 saturated carbocycles. The minimum Gasteiger partial charge on any atom is -0.369 e. The second kappa shape index (κ2) is 5.58. The molecule has 102 valence electrons. The highest BCUT2D eigenvalue weighted by Gasteiger charge is 2.30. The number of hydrogen-bond donors (Lipinski definition) is 1. The zero-order valence-electron chi connectivity index (χ0n) is 10.6. The van der Waals surface area contributed by atoms with Crippen LogP contribution in [-0.4, -0.2) is 12.5 Å². The van der Waals surface area contributed by atoms with Crippen LogP contribution in [0.25, 0.3) is 0 Å². The summed E-state index contributed by atoms with van der Waals surface area (Å²) in [6.07, 6.45) is 0. The Morgan fingerprint density at radius 3 is 2.35 bits per heavy atom. The van der Waals surface area contributed by atoms with Gasteiger partial charge < -0.3 is 10.6 Å². The Morgan fingerprint density at radius 1 is 1.00 bits per heavy atom. The second-order valence-electron chi connectivity index (χ2n) is 4.56. The van der Waals surface area contributed by atoms with E-state index < -0.39 is 0 Å². The van der Waals surface area contributed by atoms with E-state index >= 15 is 0 Å². The molecule has 1 unspecified atom stereocenters. The van der Waals surface area contributed by atoms with E-state index in [2.05, 4.69) is 47.8 Å². The number of rotatable bonds is 2. The van der Waals surface area contributed by atoms with Crippen LogP contribution in [0, 0.1) is 0 Å². The van der Waals surface area contributed by atoms with Crippen molar-refractivity contribution in [3.05, 3.63) is 63.0 Å². The van der Waals surface area contributed by atoms with E-state index in [0.717, 1.165) is 14.6 Å². The summed E-state index contributed by atoms with van der Waals surface area (Å²) < 4.78 is 2.09. The van der Waals surface area contributed by atoms with Gasteiger partial charge in [0, 0.05) is 8.95 Å². The summed E-state index contributed by atoms with van der Waals surface area (Å²) in [4.78, 5) is 6.49. The summed E-state index contributed by atoms with van der Waals surface area (Å²) in [6.45, 7) is 0.662. The standard InChI is InChI=1S/C15H13Br2N3/c16-11-6-2-1-5-10(11)14-9-19-15(18)20(14)13-8-4-3-7-12(13)17/h1-8,14H,9H2,(H2,18,19). The van der Waals surface area contributed by atoms with Crippen LogP contribution in [0.4, 0.5) is 5.69 Å². The van der Waals surface area contributed by atoms with E-state index in [-0.39, 0.29) is 6.04 Å². The molecule has 3 rings (SSSR count). The van der Waals surface area contributed by atoms with E-state index in [9.17, 15) is 0 Å². The molecule has 2 N–H and O–H groups in total. The summed E-state index contributed by atoms with van der Waals surface area (Å²) in [6, 6.07) is 16.4. The normalized spacial score (nSPS) is 18.2. The van der Waals surface area contributed by atoms with Gasteiger partial charge in [0.25, 0.3) is 0 Å². The lowest BCUT2D eigenvalue weighted by Gasteiger charge is -2.28. The Morgan fingerprint density at radius 2 is 1.65 bits per heavy atom. The smallest absolute Gasteiger partial charge is 0.196 e. The number of guanidine groups is 1. The molecular formula is C15H13Br2N3. The molecule has 5 heteroatoms. The minimum absolute atomic E-state index is 0.115. The Labute approximate surface area is 134 Å². The maximum Gasteiger partial charge on any atom is 0.196 e. The van der Waals surface area contributed by atoms with Crippen molar-refractivity contribution in [2.45, 2.75) is 6.04 Å². The molecule has 3 nitrogen and oxygen atoms in total. The Kier molecular flexibility index (Phi) is 3.81.